The molecule has 1 fully saturated rings. The number of phenols is 2. The Balaban J connectivity index is 0.706. The highest BCUT2D eigenvalue weighted by atomic mass is 16.6. The number of hydrogen-bond acceptors (Lipinski definition) is 14. The quantitative estimate of drug-likeness (QED) is 0.0428. The molecule has 5 aromatic carbocycles. The molecule has 452 valence electrons. The molecule has 0 saturated carbocycles. The minimum atomic E-state index is -1.44. The molecular weight excluding hydrogens is 1110 g/mol. The highest BCUT2D eigenvalue weighted by Gasteiger charge is 2.54. The van der Waals surface area contributed by atoms with E-state index in [9.17, 15) is 48.6 Å². The van der Waals surface area contributed by atoms with Crippen molar-refractivity contribution in [2.45, 2.75) is 88.4 Å². The Labute approximate surface area is 502 Å². The number of phenolic OH excluding ortho intramolecular Hbond substituents is 2. The lowest BCUT2D eigenvalue weighted by Gasteiger charge is -2.42. The summed E-state index contributed by atoms with van der Waals surface area (Å²) in [6.45, 7) is 1.83. The number of benzene rings is 5. The van der Waals surface area contributed by atoms with E-state index in [1.165, 1.54) is 36.6 Å². The van der Waals surface area contributed by atoms with Crippen LogP contribution in [0.15, 0.2) is 144 Å². The maximum absolute atomic E-state index is 14.7. The summed E-state index contributed by atoms with van der Waals surface area (Å²) in [6.07, 6.45) is 7.32. The van der Waals surface area contributed by atoms with Crippen molar-refractivity contribution in [3.63, 3.8) is 0 Å². The van der Waals surface area contributed by atoms with Gasteiger partial charge in [-0.1, -0.05) is 60.7 Å². The lowest BCUT2D eigenvalue weighted by atomic mass is 9.74. The molecule has 5 heterocycles. The Hall–Kier alpha value is -9.76. The van der Waals surface area contributed by atoms with Crippen molar-refractivity contribution in [3.05, 3.63) is 190 Å². The van der Waals surface area contributed by atoms with Crippen LogP contribution in [0.3, 0.4) is 0 Å². The second kappa shape index (κ2) is 27.5. The molecule has 4 aliphatic heterocycles. The molecule has 21 nitrogen and oxygen atoms in total. The zero-order valence-corrected chi connectivity index (χ0v) is 47.9. The second-order valence-electron chi connectivity index (χ2n) is 22.2. The van der Waals surface area contributed by atoms with E-state index in [2.05, 4.69) is 31.9 Å². The van der Waals surface area contributed by atoms with Crippen molar-refractivity contribution in [1.82, 2.24) is 36.8 Å². The normalized spacial score (nSPS) is 19.8. The van der Waals surface area contributed by atoms with Gasteiger partial charge in [0.05, 0.1) is 23.7 Å². The molecule has 0 unspecified atom stereocenters. The summed E-state index contributed by atoms with van der Waals surface area (Å²) in [6, 6.07) is 31.6. The smallest absolute Gasteiger partial charge is 0.340 e. The largest absolute Gasteiger partial charge is 0.508 e. The number of nitrogens with one attached hydrogen (secondary N) is 6. The van der Waals surface area contributed by atoms with Gasteiger partial charge in [-0.3, -0.25) is 33.6 Å². The zero-order valence-electron chi connectivity index (χ0n) is 47.9. The van der Waals surface area contributed by atoms with E-state index in [0.717, 1.165) is 17.7 Å². The average Bonchev–Trinajstić information content (AvgIpc) is 1.65. The molecule has 1 aromatic heterocycles. The Kier molecular flexibility index (Phi) is 19.1. The van der Waals surface area contributed by atoms with Crippen LogP contribution in [-0.4, -0.2) is 120 Å². The molecule has 87 heavy (non-hydrogen) atoms. The van der Waals surface area contributed by atoms with Crippen LogP contribution in [0.5, 0.6) is 23.0 Å². The lowest BCUT2D eigenvalue weighted by Crippen LogP contribution is -2.58. The topological polar surface area (TPSA) is 293 Å². The number of nitrogens with zero attached hydrogens (tertiary/aromatic N) is 1. The number of aromatic hydroxyl groups is 2. The average molecular weight is 1180 g/mol. The molecule has 1 saturated heterocycles. The van der Waals surface area contributed by atoms with Gasteiger partial charge in [-0.05, 0) is 117 Å². The van der Waals surface area contributed by atoms with Gasteiger partial charge in [-0.2, -0.15) is 0 Å². The molecule has 1 spiro atoms. The molecule has 0 aliphatic carbocycles. The first-order valence-corrected chi connectivity index (χ1v) is 29.3. The lowest BCUT2D eigenvalue weighted by molar-refractivity contribution is -0.141. The van der Waals surface area contributed by atoms with Gasteiger partial charge >= 0.3 is 5.97 Å². The standard InChI is InChI=1S/C66H69N7O14/c74-46-18-21-51-55(36-46)86-56-37-47(75)19-22-52(56)66(51)50-20-17-44(34-49(50)63(82)87-66)60(79)68-27-6-8-31-84-32-9-7-28-69-61(80)53-25-29-67-57(76)23-24-59(78)73-30-11-26-65(41-73,39-42-12-2-1-3-13-42)64(83)72-54(38-48-16-10-33-85-48)62(81)70-40-45-15-5-4-14-43(45)35-58(77)71-53/h1-5,10,12-24,33-34,36-37,53-54,74-75H,6-9,11,25-32,35,38-41H2,(H,67,76)(H,68,79)(H,69,80)(H,70,81)(H,71,77)(H,72,83)/b24-23+/t53-,54-,65-/m0/s1. The summed E-state index contributed by atoms with van der Waals surface area (Å²) < 4.78 is 23.6. The summed E-state index contributed by atoms with van der Waals surface area (Å²) in [5.74, 6) is -3.06. The van der Waals surface area contributed by atoms with Crippen molar-refractivity contribution in [2.24, 2.45) is 5.41 Å². The van der Waals surface area contributed by atoms with Gasteiger partial charge in [0.15, 0.2) is 5.60 Å². The molecule has 3 atom stereocenters. The highest BCUT2D eigenvalue weighted by Crippen LogP contribution is 2.57. The number of amides is 7. The third-order valence-electron chi connectivity index (χ3n) is 16.1. The summed E-state index contributed by atoms with van der Waals surface area (Å²) in [7, 11) is 0. The maximum atomic E-state index is 14.7. The number of fused-ring (bicyclic) bond motifs is 9. The first-order valence-electron chi connectivity index (χ1n) is 29.3. The van der Waals surface area contributed by atoms with Crippen LogP contribution < -0.4 is 36.6 Å². The number of furan rings is 1. The fourth-order valence-corrected chi connectivity index (χ4v) is 11.7. The molecule has 7 amide bonds. The second-order valence-corrected chi connectivity index (χ2v) is 22.2. The fourth-order valence-electron chi connectivity index (χ4n) is 11.7. The van der Waals surface area contributed by atoms with Crippen molar-refractivity contribution in [2.75, 3.05) is 45.9 Å². The van der Waals surface area contributed by atoms with E-state index >= 15 is 0 Å². The Bertz CT molecular complexity index is 3520. The Morgan fingerprint density at radius 1 is 0.724 bits per heavy atom. The molecule has 0 radical (unpaired) electrons. The van der Waals surface area contributed by atoms with E-state index < -0.39 is 64.5 Å². The highest BCUT2D eigenvalue weighted by molar-refractivity contribution is 6.02. The number of carbonyl (C=O) groups is 8. The molecule has 8 N–H and O–H groups in total. The number of rotatable bonds is 16. The molecule has 4 aliphatic rings. The minimum Gasteiger partial charge on any atom is -0.508 e. The van der Waals surface area contributed by atoms with E-state index in [0.29, 0.717) is 98.4 Å². The zero-order chi connectivity index (χ0) is 60.9. The van der Waals surface area contributed by atoms with Crippen LogP contribution in [0.25, 0.3) is 0 Å². The van der Waals surface area contributed by atoms with Crippen molar-refractivity contribution < 1.29 is 67.2 Å². The van der Waals surface area contributed by atoms with Gasteiger partial charge in [-0.25, -0.2) is 4.79 Å². The molecule has 21 heteroatoms. The first-order chi connectivity index (χ1) is 42.2. The van der Waals surface area contributed by atoms with Gasteiger partial charge in [0, 0.05) is 105 Å². The Morgan fingerprint density at radius 3 is 2.15 bits per heavy atom. The van der Waals surface area contributed by atoms with Gasteiger partial charge in [0.2, 0.25) is 35.4 Å². The number of piperidine rings is 1. The number of carbonyl (C=O) groups excluding carboxylic acids is 8. The van der Waals surface area contributed by atoms with Crippen LogP contribution in [0.2, 0.25) is 0 Å². The van der Waals surface area contributed by atoms with E-state index in [1.807, 2.05) is 30.3 Å². The van der Waals surface area contributed by atoms with Gasteiger partial charge in [-0.15, -0.1) is 0 Å². The fraction of sp³-hybridized carbons (Fsp3) is 0.333. The summed E-state index contributed by atoms with van der Waals surface area (Å²) in [5, 5.41) is 37.8. The third kappa shape index (κ3) is 14.3. The molecule has 6 aromatic rings. The monoisotopic (exact) mass is 1180 g/mol. The van der Waals surface area contributed by atoms with Crippen molar-refractivity contribution >= 4 is 47.3 Å². The van der Waals surface area contributed by atoms with Crippen molar-refractivity contribution in [1.29, 1.82) is 0 Å². The number of unbranched alkanes of at least 4 members (excludes halogenated alkanes) is 2. The van der Waals surface area contributed by atoms with E-state index in [-0.39, 0.29) is 91.9 Å². The summed E-state index contributed by atoms with van der Waals surface area (Å²) in [4.78, 5) is 112. The molecular formula is C66H69N7O14. The maximum Gasteiger partial charge on any atom is 0.340 e. The van der Waals surface area contributed by atoms with E-state index in [1.54, 1.807) is 65.6 Å². The third-order valence-corrected chi connectivity index (χ3v) is 16.1. The summed E-state index contributed by atoms with van der Waals surface area (Å²) in [5.41, 5.74) is 1.45. The van der Waals surface area contributed by atoms with Crippen LogP contribution in [0.1, 0.15) is 105 Å². The van der Waals surface area contributed by atoms with Crippen LogP contribution in [-0.2, 0) is 69.6 Å². The molecule has 2 bridgehead atoms. The first kappa shape index (κ1) is 60.4. The number of esters is 1. The summed E-state index contributed by atoms with van der Waals surface area (Å²) >= 11 is 0. The predicted molar refractivity (Wildman–Crippen MR) is 316 cm³/mol. The van der Waals surface area contributed by atoms with Crippen LogP contribution in [0.4, 0.5) is 0 Å². The van der Waals surface area contributed by atoms with Gasteiger partial charge in [0.1, 0.15) is 40.8 Å². The predicted octanol–water partition coefficient (Wildman–Crippen LogP) is 5.68. The molecule has 10 rings (SSSR count). The van der Waals surface area contributed by atoms with Gasteiger partial charge < -0.3 is 65.6 Å². The number of ether oxygens (including phenoxy) is 3. The van der Waals surface area contributed by atoms with E-state index in [4.69, 9.17) is 18.6 Å². The van der Waals surface area contributed by atoms with Crippen LogP contribution in [0, 0.1) is 5.41 Å². The SMILES string of the molecule is O=C1/C=C/C(=O)N2CCC[C@](Cc3ccccc3)(C2)C(=O)N[C@@H](Cc2ccco2)C(=O)NCc2ccccc2CC(=O)N[C@H](C(=O)NCCCCOCCCCNC(=O)c2ccc3c(c2)C(=O)OC32c3ccc(O)cc3Oc3cc(O)ccc32)CCN1. The van der Waals surface area contributed by atoms with Crippen LogP contribution >= 0.6 is 0 Å². The van der Waals surface area contributed by atoms with Gasteiger partial charge in [0.25, 0.3) is 5.91 Å². The minimum absolute atomic E-state index is 0.0164. The van der Waals surface area contributed by atoms with Crippen molar-refractivity contribution in [3.8, 4) is 23.0 Å². The Morgan fingerprint density at radius 2 is 1.43 bits per heavy atom. The number of hydrogen-bond donors (Lipinski definition) is 8.